The molecule has 0 aliphatic heterocycles. The second kappa shape index (κ2) is 4.49. The maximum atomic E-state index is 10.5. The van der Waals surface area contributed by atoms with Crippen LogP contribution in [0.4, 0.5) is 5.69 Å². The van der Waals surface area contributed by atoms with Gasteiger partial charge in [0.15, 0.2) is 6.29 Å². The fourth-order valence-electron chi connectivity index (χ4n) is 0.921. The van der Waals surface area contributed by atoms with Gasteiger partial charge in [-0.15, -0.1) is 0 Å². The van der Waals surface area contributed by atoms with E-state index in [9.17, 15) is 4.79 Å². The van der Waals surface area contributed by atoms with E-state index in [-0.39, 0.29) is 0 Å². The quantitative estimate of drug-likeness (QED) is 0.689. The van der Waals surface area contributed by atoms with E-state index >= 15 is 0 Å². The number of aldehydes is 1. The molecule has 0 spiro atoms. The van der Waals surface area contributed by atoms with Gasteiger partial charge < -0.3 is 5.32 Å². The summed E-state index contributed by atoms with van der Waals surface area (Å²) in [6, 6.07) is 1.80. The van der Waals surface area contributed by atoms with Crippen molar-refractivity contribution in [2.24, 2.45) is 0 Å². The van der Waals surface area contributed by atoms with Crippen molar-refractivity contribution in [3.63, 3.8) is 0 Å². The van der Waals surface area contributed by atoms with Gasteiger partial charge in [-0.3, -0.25) is 9.78 Å². The van der Waals surface area contributed by atoms with E-state index in [4.69, 9.17) is 0 Å². The molecular formula is C9H12N2O. The molecule has 3 heteroatoms. The van der Waals surface area contributed by atoms with Gasteiger partial charge >= 0.3 is 0 Å². The van der Waals surface area contributed by atoms with Gasteiger partial charge in [0.25, 0.3) is 0 Å². The Morgan fingerprint density at radius 1 is 1.67 bits per heavy atom. The Morgan fingerprint density at radius 2 is 2.50 bits per heavy atom. The third-order valence-electron chi connectivity index (χ3n) is 1.54. The molecule has 1 aromatic heterocycles. The van der Waals surface area contributed by atoms with Gasteiger partial charge in [0, 0.05) is 24.6 Å². The first-order chi connectivity index (χ1) is 5.88. The molecule has 0 aliphatic rings. The Labute approximate surface area is 71.8 Å². The second-order valence-corrected chi connectivity index (χ2v) is 2.51. The first-order valence-corrected chi connectivity index (χ1v) is 4.01. The molecule has 0 unspecified atom stereocenters. The summed E-state index contributed by atoms with van der Waals surface area (Å²) in [6.07, 6.45) is 5.08. The van der Waals surface area contributed by atoms with Gasteiger partial charge in [-0.1, -0.05) is 6.92 Å². The topological polar surface area (TPSA) is 42.0 Å². The van der Waals surface area contributed by atoms with E-state index in [1.54, 1.807) is 18.5 Å². The third-order valence-corrected chi connectivity index (χ3v) is 1.54. The van der Waals surface area contributed by atoms with E-state index in [1.807, 2.05) is 0 Å². The van der Waals surface area contributed by atoms with E-state index in [0.29, 0.717) is 5.56 Å². The van der Waals surface area contributed by atoms with E-state index < -0.39 is 0 Å². The number of nitrogens with zero attached hydrogens (tertiary/aromatic N) is 1. The lowest BCUT2D eigenvalue weighted by molar-refractivity contribution is 0.112. The highest BCUT2D eigenvalue weighted by atomic mass is 16.1. The minimum absolute atomic E-state index is 0.617. The summed E-state index contributed by atoms with van der Waals surface area (Å²) in [5.41, 5.74) is 1.48. The predicted octanol–water partition coefficient (Wildman–Crippen LogP) is 1.72. The summed E-state index contributed by atoms with van der Waals surface area (Å²) < 4.78 is 0. The van der Waals surface area contributed by atoms with Crippen LogP contribution in [0.5, 0.6) is 0 Å². The molecule has 12 heavy (non-hydrogen) atoms. The number of rotatable bonds is 4. The zero-order valence-corrected chi connectivity index (χ0v) is 7.08. The Morgan fingerprint density at radius 3 is 3.17 bits per heavy atom. The largest absolute Gasteiger partial charge is 0.384 e. The Kier molecular flexibility index (Phi) is 3.26. The maximum absolute atomic E-state index is 10.5. The standard InChI is InChI=1S/C9H12N2O/c1-2-4-11-9-3-5-10-6-8(9)7-12/h3,5-7H,2,4H2,1H3,(H,10,11). The van der Waals surface area contributed by atoms with E-state index in [1.165, 1.54) is 0 Å². The number of aromatic nitrogens is 1. The van der Waals surface area contributed by atoms with Crippen LogP contribution in [0.25, 0.3) is 0 Å². The predicted molar refractivity (Wildman–Crippen MR) is 48.4 cm³/mol. The number of anilines is 1. The lowest BCUT2D eigenvalue weighted by Crippen LogP contribution is -2.02. The van der Waals surface area contributed by atoms with E-state index in [0.717, 1.165) is 24.9 Å². The number of hydrogen-bond acceptors (Lipinski definition) is 3. The van der Waals surface area contributed by atoms with Crippen LogP contribution < -0.4 is 5.32 Å². The molecule has 0 radical (unpaired) electrons. The lowest BCUT2D eigenvalue weighted by Gasteiger charge is -2.05. The monoisotopic (exact) mass is 164 g/mol. The number of carbonyl (C=O) groups excluding carboxylic acids is 1. The average molecular weight is 164 g/mol. The molecule has 1 aromatic rings. The molecule has 0 saturated heterocycles. The van der Waals surface area contributed by atoms with Crippen molar-refractivity contribution in [3.8, 4) is 0 Å². The summed E-state index contributed by atoms with van der Waals surface area (Å²) in [5.74, 6) is 0. The summed E-state index contributed by atoms with van der Waals surface area (Å²) in [6.45, 7) is 2.96. The van der Waals surface area contributed by atoms with E-state index in [2.05, 4.69) is 17.2 Å². The molecule has 0 bridgehead atoms. The van der Waals surface area contributed by atoms with Gasteiger partial charge in [0.2, 0.25) is 0 Å². The van der Waals surface area contributed by atoms with Crippen molar-refractivity contribution < 1.29 is 4.79 Å². The van der Waals surface area contributed by atoms with Crippen LogP contribution in [0.1, 0.15) is 23.7 Å². The van der Waals surface area contributed by atoms with Crippen molar-refractivity contribution in [1.82, 2.24) is 4.98 Å². The van der Waals surface area contributed by atoms with Crippen LogP contribution in [-0.4, -0.2) is 17.8 Å². The van der Waals surface area contributed by atoms with Crippen molar-refractivity contribution in [3.05, 3.63) is 24.0 Å². The van der Waals surface area contributed by atoms with Crippen LogP contribution >= 0.6 is 0 Å². The number of hydrogen-bond donors (Lipinski definition) is 1. The molecule has 1 heterocycles. The molecule has 1 N–H and O–H groups in total. The maximum Gasteiger partial charge on any atom is 0.153 e. The average Bonchev–Trinajstić information content (AvgIpc) is 2.15. The van der Waals surface area contributed by atoms with Gasteiger partial charge in [0.05, 0.1) is 5.56 Å². The highest BCUT2D eigenvalue weighted by molar-refractivity contribution is 5.83. The molecular weight excluding hydrogens is 152 g/mol. The third kappa shape index (κ3) is 2.05. The number of pyridine rings is 1. The normalized spacial score (nSPS) is 9.42. The van der Waals surface area contributed by atoms with Crippen molar-refractivity contribution in [2.45, 2.75) is 13.3 Å². The van der Waals surface area contributed by atoms with Crippen LogP contribution in [0.3, 0.4) is 0 Å². The highest BCUT2D eigenvalue weighted by Crippen LogP contribution is 2.10. The molecule has 0 aliphatic carbocycles. The first kappa shape index (κ1) is 8.71. The minimum Gasteiger partial charge on any atom is -0.384 e. The molecule has 0 saturated carbocycles. The Balaban J connectivity index is 2.75. The SMILES string of the molecule is CCCNc1ccncc1C=O. The fraction of sp³-hybridized carbons (Fsp3) is 0.333. The van der Waals surface area contributed by atoms with Crippen molar-refractivity contribution in [1.29, 1.82) is 0 Å². The van der Waals surface area contributed by atoms with Crippen molar-refractivity contribution in [2.75, 3.05) is 11.9 Å². The molecule has 1 rings (SSSR count). The zero-order chi connectivity index (χ0) is 8.81. The fourth-order valence-corrected chi connectivity index (χ4v) is 0.921. The summed E-state index contributed by atoms with van der Waals surface area (Å²) >= 11 is 0. The van der Waals surface area contributed by atoms with Gasteiger partial charge in [0.1, 0.15) is 0 Å². The Bertz CT molecular complexity index is 260. The van der Waals surface area contributed by atoms with Crippen LogP contribution in [0, 0.1) is 0 Å². The highest BCUT2D eigenvalue weighted by Gasteiger charge is 1.97. The second-order valence-electron chi connectivity index (χ2n) is 2.51. The number of carbonyl (C=O) groups is 1. The molecule has 0 amide bonds. The van der Waals surface area contributed by atoms with Crippen LogP contribution in [0.15, 0.2) is 18.5 Å². The number of nitrogens with one attached hydrogen (secondary N) is 1. The van der Waals surface area contributed by atoms with Crippen LogP contribution in [0.2, 0.25) is 0 Å². The molecule has 0 aromatic carbocycles. The molecule has 0 atom stereocenters. The van der Waals surface area contributed by atoms with Crippen molar-refractivity contribution >= 4 is 12.0 Å². The summed E-state index contributed by atoms with van der Waals surface area (Å²) in [7, 11) is 0. The first-order valence-electron chi connectivity index (χ1n) is 4.01. The lowest BCUT2D eigenvalue weighted by atomic mass is 10.2. The van der Waals surface area contributed by atoms with Gasteiger partial charge in [-0.2, -0.15) is 0 Å². The summed E-state index contributed by atoms with van der Waals surface area (Å²) in [4.78, 5) is 14.4. The van der Waals surface area contributed by atoms with Gasteiger partial charge in [-0.25, -0.2) is 0 Å². The molecule has 3 nitrogen and oxygen atoms in total. The van der Waals surface area contributed by atoms with Crippen LogP contribution in [-0.2, 0) is 0 Å². The zero-order valence-electron chi connectivity index (χ0n) is 7.08. The Hall–Kier alpha value is -1.38. The van der Waals surface area contributed by atoms with Gasteiger partial charge in [-0.05, 0) is 12.5 Å². The molecule has 64 valence electrons. The minimum atomic E-state index is 0.617. The summed E-state index contributed by atoms with van der Waals surface area (Å²) in [5, 5.41) is 3.14. The smallest absolute Gasteiger partial charge is 0.153 e. The molecule has 0 fully saturated rings.